The van der Waals surface area contributed by atoms with Gasteiger partial charge in [-0.25, -0.2) is 5.10 Å². The number of rotatable bonds is 2. The summed E-state index contributed by atoms with van der Waals surface area (Å²) in [6.45, 7) is 1.91. The van der Waals surface area contributed by atoms with Crippen LogP contribution >= 0.6 is 0 Å². The molecule has 6 nitrogen and oxygen atoms in total. The number of phenols is 1. The van der Waals surface area contributed by atoms with Crippen molar-refractivity contribution in [1.82, 2.24) is 15.2 Å². The maximum atomic E-state index is 9.46. The van der Waals surface area contributed by atoms with E-state index >= 15 is 0 Å². The Morgan fingerprint density at radius 1 is 1.33 bits per heavy atom. The molecule has 0 radical (unpaired) electrons. The van der Waals surface area contributed by atoms with E-state index in [2.05, 4.69) is 25.4 Å². The Hall–Kier alpha value is -2.24. The minimum Gasteiger partial charge on any atom is -0.506 e. The first-order chi connectivity index (χ1) is 7.25. The van der Waals surface area contributed by atoms with Crippen LogP contribution in [0.2, 0.25) is 0 Å². The monoisotopic (exact) mass is 203 g/mol. The first kappa shape index (κ1) is 9.32. The number of aromatic hydroxyl groups is 1. The van der Waals surface area contributed by atoms with Gasteiger partial charge in [0.05, 0.1) is 0 Å². The van der Waals surface area contributed by atoms with Crippen LogP contribution in [0.4, 0.5) is 11.6 Å². The highest BCUT2D eigenvalue weighted by Crippen LogP contribution is 2.27. The van der Waals surface area contributed by atoms with Crippen molar-refractivity contribution in [3.05, 3.63) is 30.1 Å². The zero-order valence-corrected chi connectivity index (χ0v) is 8.05. The summed E-state index contributed by atoms with van der Waals surface area (Å²) in [5, 5.41) is 23.2. The molecule has 0 fully saturated rings. The molecule has 2 N–H and O–H groups in total. The van der Waals surface area contributed by atoms with Crippen molar-refractivity contribution in [1.29, 1.82) is 0 Å². The van der Waals surface area contributed by atoms with Crippen LogP contribution in [0, 0.1) is 6.92 Å². The van der Waals surface area contributed by atoms with Crippen LogP contribution < -0.4 is 0 Å². The normalized spacial score (nSPS) is 11.0. The molecule has 0 aliphatic rings. The van der Waals surface area contributed by atoms with Gasteiger partial charge in [0.15, 0.2) is 0 Å². The summed E-state index contributed by atoms with van der Waals surface area (Å²) in [4.78, 5) is 3.77. The minimum absolute atomic E-state index is 0.0869. The summed E-state index contributed by atoms with van der Waals surface area (Å²) in [6.07, 6.45) is 1.34. The van der Waals surface area contributed by atoms with Gasteiger partial charge in [-0.1, -0.05) is 6.07 Å². The van der Waals surface area contributed by atoms with E-state index in [1.807, 2.05) is 6.92 Å². The highest BCUT2D eigenvalue weighted by molar-refractivity contribution is 5.52. The number of nitrogens with zero attached hydrogens (tertiary/aromatic N) is 4. The lowest BCUT2D eigenvalue weighted by Crippen LogP contribution is -1.72. The molecule has 2 rings (SSSR count). The predicted molar refractivity (Wildman–Crippen MR) is 53.4 cm³/mol. The number of azo groups is 1. The van der Waals surface area contributed by atoms with Gasteiger partial charge in [-0.15, -0.1) is 10.2 Å². The third-order valence-electron chi connectivity index (χ3n) is 1.79. The SMILES string of the molecule is Cc1ccc(O)c(N=Nc2ncn[nH]2)c1. The van der Waals surface area contributed by atoms with Crippen LogP contribution in [-0.4, -0.2) is 20.3 Å². The van der Waals surface area contributed by atoms with Crippen LogP contribution in [0.3, 0.4) is 0 Å². The molecule has 0 atom stereocenters. The number of benzene rings is 1. The fourth-order valence-corrected chi connectivity index (χ4v) is 1.06. The molecule has 15 heavy (non-hydrogen) atoms. The van der Waals surface area contributed by atoms with E-state index in [0.717, 1.165) is 5.56 Å². The standard InChI is InChI=1S/C9H9N5O/c1-6-2-3-8(15)7(4-6)12-14-9-10-5-11-13-9/h2-5,15H,1H3,(H,10,11,13). The maximum Gasteiger partial charge on any atom is 0.264 e. The molecule has 0 saturated heterocycles. The van der Waals surface area contributed by atoms with Crippen molar-refractivity contribution in [2.75, 3.05) is 0 Å². The van der Waals surface area contributed by atoms with Crippen molar-refractivity contribution in [3.63, 3.8) is 0 Å². The van der Waals surface area contributed by atoms with E-state index < -0.39 is 0 Å². The van der Waals surface area contributed by atoms with Gasteiger partial charge in [0.2, 0.25) is 0 Å². The summed E-state index contributed by atoms with van der Waals surface area (Å²) in [5.41, 5.74) is 1.41. The summed E-state index contributed by atoms with van der Waals surface area (Å²) in [6, 6.07) is 5.10. The van der Waals surface area contributed by atoms with Crippen LogP contribution in [0.5, 0.6) is 5.75 Å². The van der Waals surface area contributed by atoms with Gasteiger partial charge in [-0.3, -0.25) is 0 Å². The van der Waals surface area contributed by atoms with Gasteiger partial charge in [-0.2, -0.15) is 10.1 Å². The number of aryl methyl sites for hydroxylation is 1. The largest absolute Gasteiger partial charge is 0.506 e. The predicted octanol–water partition coefficient (Wildman–Crippen LogP) is 2.23. The number of hydrogen-bond acceptors (Lipinski definition) is 5. The first-order valence-electron chi connectivity index (χ1n) is 4.32. The van der Waals surface area contributed by atoms with Gasteiger partial charge in [0.1, 0.15) is 17.8 Å². The molecule has 0 unspecified atom stereocenters. The van der Waals surface area contributed by atoms with Crippen LogP contribution in [0.1, 0.15) is 5.56 Å². The topological polar surface area (TPSA) is 86.5 Å². The third-order valence-corrected chi connectivity index (χ3v) is 1.79. The van der Waals surface area contributed by atoms with E-state index in [4.69, 9.17) is 0 Å². The molecule has 0 saturated carbocycles. The highest BCUT2D eigenvalue weighted by atomic mass is 16.3. The quantitative estimate of drug-likeness (QED) is 0.733. The summed E-state index contributed by atoms with van der Waals surface area (Å²) >= 11 is 0. The molecule has 0 aliphatic heterocycles. The highest BCUT2D eigenvalue weighted by Gasteiger charge is 1.99. The Bertz CT molecular complexity index is 477. The molecular formula is C9H9N5O. The lowest BCUT2D eigenvalue weighted by atomic mass is 10.2. The van der Waals surface area contributed by atoms with E-state index in [9.17, 15) is 5.11 Å². The Balaban J connectivity index is 2.27. The molecule has 2 aromatic rings. The number of hydrogen-bond donors (Lipinski definition) is 2. The molecule has 1 aromatic carbocycles. The van der Waals surface area contributed by atoms with Gasteiger partial charge < -0.3 is 5.11 Å². The summed E-state index contributed by atoms with van der Waals surface area (Å²) < 4.78 is 0. The van der Waals surface area contributed by atoms with E-state index in [0.29, 0.717) is 11.6 Å². The van der Waals surface area contributed by atoms with Crippen molar-refractivity contribution >= 4 is 11.6 Å². The number of aromatic nitrogens is 3. The number of nitrogens with one attached hydrogen (secondary N) is 1. The van der Waals surface area contributed by atoms with Gasteiger partial charge in [-0.05, 0) is 24.6 Å². The number of phenolic OH excluding ortho intramolecular Hbond substituents is 1. The third kappa shape index (κ3) is 2.16. The molecule has 1 aromatic heterocycles. The molecule has 0 amide bonds. The van der Waals surface area contributed by atoms with Crippen LogP contribution in [0.25, 0.3) is 0 Å². The zero-order valence-electron chi connectivity index (χ0n) is 8.05. The second kappa shape index (κ2) is 3.87. The molecule has 0 aliphatic carbocycles. The lowest BCUT2D eigenvalue weighted by Gasteiger charge is -1.97. The summed E-state index contributed by atoms with van der Waals surface area (Å²) in [7, 11) is 0. The number of aromatic amines is 1. The molecule has 6 heteroatoms. The minimum atomic E-state index is 0.0869. The maximum absolute atomic E-state index is 9.46. The van der Waals surface area contributed by atoms with Gasteiger partial charge in [0, 0.05) is 0 Å². The van der Waals surface area contributed by atoms with Crippen molar-refractivity contribution in [2.24, 2.45) is 10.2 Å². The smallest absolute Gasteiger partial charge is 0.264 e. The Labute approximate surface area is 85.7 Å². The molecule has 1 heterocycles. The van der Waals surface area contributed by atoms with E-state index in [1.54, 1.807) is 18.2 Å². The van der Waals surface area contributed by atoms with E-state index in [-0.39, 0.29) is 5.75 Å². The molecule has 76 valence electrons. The second-order valence-corrected chi connectivity index (χ2v) is 3.00. The van der Waals surface area contributed by atoms with Crippen molar-refractivity contribution < 1.29 is 5.11 Å². The van der Waals surface area contributed by atoms with Crippen molar-refractivity contribution in [2.45, 2.75) is 6.92 Å². The van der Waals surface area contributed by atoms with Crippen LogP contribution in [-0.2, 0) is 0 Å². The van der Waals surface area contributed by atoms with E-state index in [1.165, 1.54) is 6.33 Å². The fraction of sp³-hybridized carbons (Fsp3) is 0.111. The fourth-order valence-electron chi connectivity index (χ4n) is 1.06. The van der Waals surface area contributed by atoms with Gasteiger partial charge >= 0.3 is 0 Å². The van der Waals surface area contributed by atoms with Crippen molar-refractivity contribution in [3.8, 4) is 5.75 Å². The van der Waals surface area contributed by atoms with Crippen LogP contribution in [0.15, 0.2) is 34.8 Å². The zero-order chi connectivity index (χ0) is 10.7. The molecule has 0 spiro atoms. The Morgan fingerprint density at radius 2 is 2.20 bits per heavy atom. The average molecular weight is 203 g/mol. The Kier molecular flexibility index (Phi) is 2.40. The Morgan fingerprint density at radius 3 is 2.93 bits per heavy atom. The average Bonchev–Trinajstić information content (AvgIpc) is 2.72. The molecular weight excluding hydrogens is 194 g/mol. The molecule has 0 bridgehead atoms. The first-order valence-corrected chi connectivity index (χ1v) is 4.32. The lowest BCUT2D eigenvalue weighted by molar-refractivity contribution is 0.476. The second-order valence-electron chi connectivity index (χ2n) is 3.00. The summed E-state index contributed by atoms with van der Waals surface area (Å²) in [5.74, 6) is 0.389. The number of H-pyrrole nitrogens is 1. The van der Waals surface area contributed by atoms with Gasteiger partial charge in [0.25, 0.3) is 5.95 Å².